The molecule has 0 unspecified atom stereocenters. The summed E-state index contributed by atoms with van der Waals surface area (Å²) in [6.45, 7) is -1.75. The largest absolute Gasteiger partial charge is 0.396 e. The average Bonchev–Trinajstić information content (AvgIpc) is 2.32. The number of hydrogen-bond acceptors (Lipinski definition) is 2. The quantitative estimate of drug-likeness (QED) is 0.658. The summed E-state index contributed by atoms with van der Waals surface area (Å²) in [4.78, 5) is 11.3. The maximum atomic E-state index is 13.3. The van der Waals surface area contributed by atoms with Gasteiger partial charge in [-0.3, -0.25) is 4.79 Å². The Hall–Kier alpha value is -1.93. The minimum absolute atomic E-state index is 0.577. The van der Waals surface area contributed by atoms with E-state index in [9.17, 15) is 31.1 Å². The van der Waals surface area contributed by atoms with E-state index in [2.05, 4.69) is 0 Å². The minimum atomic E-state index is -4.50. The van der Waals surface area contributed by atoms with Crippen molar-refractivity contribution in [2.75, 3.05) is 12.3 Å². The fourth-order valence-corrected chi connectivity index (χ4v) is 1.14. The van der Waals surface area contributed by atoms with Crippen LogP contribution < -0.4 is 11.1 Å². The van der Waals surface area contributed by atoms with Crippen molar-refractivity contribution in [2.45, 2.75) is 12.3 Å². The highest BCUT2D eigenvalue weighted by Crippen LogP contribution is 2.22. The predicted octanol–water partition coefficient (Wildman–Crippen LogP) is 2.18. The number of hydrogen-bond donors (Lipinski definition) is 2. The molecule has 0 aliphatic rings. The molecule has 3 nitrogen and oxygen atoms in total. The summed E-state index contributed by atoms with van der Waals surface area (Å²) in [5.41, 5.74) is 3.29. The molecule has 1 aromatic carbocycles. The van der Waals surface area contributed by atoms with Crippen LogP contribution in [0.4, 0.5) is 32.0 Å². The molecule has 3 N–H and O–H groups in total. The second-order valence-corrected chi connectivity index (χ2v) is 3.57. The monoisotopic (exact) mass is 286 g/mol. The highest BCUT2D eigenvalue weighted by atomic mass is 19.3. The molecular formula is C10H8F6N2O. The van der Waals surface area contributed by atoms with Crippen LogP contribution in [0.15, 0.2) is 12.1 Å². The van der Waals surface area contributed by atoms with E-state index in [0.29, 0.717) is 6.07 Å². The summed E-state index contributed by atoms with van der Waals surface area (Å²) < 4.78 is 75.2. The summed E-state index contributed by atoms with van der Waals surface area (Å²) in [5, 5.41) is 1.32. The lowest BCUT2D eigenvalue weighted by molar-refractivity contribution is -0.123. The van der Waals surface area contributed by atoms with Gasteiger partial charge in [-0.2, -0.15) is 8.78 Å². The van der Waals surface area contributed by atoms with Crippen molar-refractivity contribution in [3.05, 3.63) is 29.3 Å². The van der Waals surface area contributed by atoms with Crippen molar-refractivity contribution in [1.29, 1.82) is 0 Å². The Morgan fingerprint density at radius 2 is 1.89 bits per heavy atom. The van der Waals surface area contributed by atoms with Gasteiger partial charge in [0.2, 0.25) is 0 Å². The summed E-state index contributed by atoms with van der Waals surface area (Å²) in [7, 11) is 0. The van der Waals surface area contributed by atoms with E-state index >= 15 is 0 Å². The van der Waals surface area contributed by atoms with Gasteiger partial charge in [-0.05, 0) is 12.1 Å². The smallest absolute Gasteiger partial charge is 0.324 e. The summed E-state index contributed by atoms with van der Waals surface area (Å²) in [5.74, 6) is -8.88. The third-order valence-corrected chi connectivity index (χ3v) is 2.15. The molecule has 0 aliphatic heterocycles. The van der Waals surface area contributed by atoms with Crippen molar-refractivity contribution in [2.24, 2.45) is 0 Å². The van der Waals surface area contributed by atoms with E-state index in [1.807, 2.05) is 0 Å². The first-order chi connectivity index (χ1) is 8.66. The molecule has 1 aromatic rings. The lowest BCUT2D eigenvalue weighted by Crippen LogP contribution is -2.41. The van der Waals surface area contributed by atoms with Crippen molar-refractivity contribution in [3.63, 3.8) is 0 Å². The number of nitrogen functional groups attached to an aromatic ring is 1. The van der Waals surface area contributed by atoms with Gasteiger partial charge < -0.3 is 11.1 Å². The first kappa shape index (κ1) is 15.1. The second-order valence-electron chi connectivity index (χ2n) is 3.57. The van der Waals surface area contributed by atoms with Crippen LogP contribution in [0, 0.1) is 11.6 Å². The fraction of sp³-hybridized carbons (Fsp3) is 0.300. The molecule has 0 saturated heterocycles. The molecule has 0 radical (unpaired) electrons. The molecule has 19 heavy (non-hydrogen) atoms. The van der Waals surface area contributed by atoms with Crippen LogP contribution in [0.25, 0.3) is 0 Å². The number of anilines is 1. The first-order valence-electron chi connectivity index (χ1n) is 4.84. The molecule has 0 aromatic heterocycles. The molecule has 106 valence electrons. The molecule has 0 saturated carbocycles. The lowest BCUT2D eigenvalue weighted by atomic mass is 10.1. The Labute approximate surface area is 103 Å². The van der Waals surface area contributed by atoms with Crippen LogP contribution in [0.5, 0.6) is 0 Å². The van der Waals surface area contributed by atoms with E-state index < -0.39 is 47.7 Å². The number of carbonyl (C=O) groups is 1. The van der Waals surface area contributed by atoms with Gasteiger partial charge in [0.15, 0.2) is 5.82 Å². The Morgan fingerprint density at radius 1 is 1.32 bits per heavy atom. The average molecular weight is 286 g/mol. The van der Waals surface area contributed by atoms with Crippen LogP contribution in [-0.2, 0) is 0 Å². The molecule has 0 atom stereocenters. The minimum Gasteiger partial charge on any atom is -0.396 e. The molecular weight excluding hydrogens is 278 g/mol. The molecule has 0 aliphatic carbocycles. The Bertz CT molecular complexity index is 491. The molecule has 1 rings (SSSR count). The predicted molar refractivity (Wildman–Crippen MR) is 54.1 cm³/mol. The highest BCUT2D eigenvalue weighted by Gasteiger charge is 2.41. The Morgan fingerprint density at radius 3 is 2.42 bits per heavy atom. The molecule has 0 heterocycles. The third-order valence-electron chi connectivity index (χ3n) is 2.15. The van der Waals surface area contributed by atoms with Crippen molar-refractivity contribution in [1.82, 2.24) is 5.32 Å². The number of halogens is 6. The van der Waals surface area contributed by atoms with Gasteiger partial charge in [0.05, 0.1) is 12.2 Å². The molecule has 1 amide bonds. The van der Waals surface area contributed by atoms with E-state index in [0.717, 1.165) is 6.07 Å². The zero-order chi connectivity index (χ0) is 14.8. The van der Waals surface area contributed by atoms with Gasteiger partial charge >= 0.3 is 12.3 Å². The maximum Gasteiger partial charge on any atom is 0.324 e. The van der Waals surface area contributed by atoms with E-state index in [4.69, 9.17) is 5.73 Å². The number of carbonyl (C=O) groups excluding carboxylic acids is 1. The Balaban J connectivity index is 2.89. The lowest BCUT2D eigenvalue weighted by Gasteiger charge is -2.16. The van der Waals surface area contributed by atoms with Crippen LogP contribution in [0.3, 0.4) is 0 Å². The third kappa shape index (κ3) is 3.30. The van der Waals surface area contributed by atoms with Crippen LogP contribution in [0.2, 0.25) is 0 Å². The first-order valence-corrected chi connectivity index (χ1v) is 4.84. The molecule has 0 fully saturated rings. The van der Waals surface area contributed by atoms with Crippen molar-refractivity contribution >= 4 is 11.6 Å². The van der Waals surface area contributed by atoms with Gasteiger partial charge in [0, 0.05) is 0 Å². The van der Waals surface area contributed by atoms with Gasteiger partial charge in [-0.1, -0.05) is 0 Å². The van der Waals surface area contributed by atoms with E-state index in [1.54, 1.807) is 0 Å². The Kier molecular flexibility index (Phi) is 4.28. The van der Waals surface area contributed by atoms with Crippen molar-refractivity contribution in [3.8, 4) is 0 Å². The molecule has 0 bridgehead atoms. The number of alkyl halides is 4. The number of nitrogens with two attached hydrogens (primary N) is 1. The number of rotatable bonds is 4. The van der Waals surface area contributed by atoms with Gasteiger partial charge in [-0.25, -0.2) is 17.6 Å². The van der Waals surface area contributed by atoms with Gasteiger partial charge in [0.1, 0.15) is 11.4 Å². The van der Waals surface area contributed by atoms with Crippen LogP contribution in [-0.4, -0.2) is 24.8 Å². The number of benzene rings is 1. The summed E-state index contributed by atoms with van der Waals surface area (Å²) in [6, 6.07) is 1.48. The zero-order valence-corrected chi connectivity index (χ0v) is 9.19. The van der Waals surface area contributed by atoms with Gasteiger partial charge in [-0.15, -0.1) is 0 Å². The molecule has 9 heteroatoms. The fourth-order valence-electron chi connectivity index (χ4n) is 1.14. The van der Waals surface area contributed by atoms with Crippen LogP contribution >= 0.6 is 0 Å². The normalized spacial score (nSPS) is 11.7. The highest BCUT2D eigenvalue weighted by molar-refractivity contribution is 5.95. The van der Waals surface area contributed by atoms with Crippen LogP contribution in [0.1, 0.15) is 10.4 Å². The molecule has 0 spiro atoms. The maximum absolute atomic E-state index is 13.3. The van der Waals surface area contributed by atoms with E-state index in [1.165, 1.54) is 5.32 Å². The van der Waals surface area contributed by atoms with E-state index in [-0.39, 0.29) is 0 Å². The van der Waals surface area contributed by atoms with Gasteiger partial charge in [0.25, 0.3) is 5.91 Å². The summed E-state index contributed by atoms with van der Waals surface area (Å²) in [6.07, 6.45) is -4.01. The van der Waals surface area contributed by atoms with Crippen molar-refractivity contribution < 1.29 is 31.1 Å². The standard InChI is InChI=1S/C10H8F6N2O/c11-4-1-2-5(17)7(12)6(4)8(19)18-3-10(15,16)9(13)14/h1-2,9H,3,17H2,(H,18,19). The second kappa shape index (κ2) is 5.37. The number of amides is 1. The number of nitrogens with one attached hydrogen (secondary N) is 1. The summed E-state index contributed by atoms with van der Waals surface area (Å²) >= 11 is 0. The zero-order valence-electron chi connectivity index (χ0n) is 9.19. The topological polar surface area (TPSA) is 55.1 Å². The SMILES string of the molecule is Nc1ccc(F)c(C(=O)NCC(F)(F)C(F)F)c1F.